The van der Waals surface area contributed by atoms with E-state index in [0.29, 0.717) is 5.92 Å². The van der Waals surface area contributed by atoms with Crippen LogP contribution in [0.4, 0.5) is 0 Å². The molecule has 0 bridgehead atoms. The van der Waals surface area contributed by atoms with Gasteiger partial charge in [-0.05, 0) is 31.2 Å². The van der Waals surface area contributed by atoms with E-state index in [4.69, 9.17) is 0 Å². The maximum Gasteiger partial charge on any atom is 0.0936 e. The van der Waals surface area contributed by atoms with Gasteiger partial charge in [0.15, 0.2) is 0 Å². The fourth-order valence-electron chi connectivity index (χ4n) is 2.21. The first-order valence-corrected chi connectivity index (χ1v) is 4.86. The van der Waals surface area contributed by atoms with Crippen LogP contribution in [0.25, 0.3) is 0 Å². The highest BCUT2D eigenvalue weighted by Crippen LogP contribution is 2.42. The van der Waals surface area contributed by atoms with Crippen LogP contribution in [0, 0.1) is 5.92 Å². The third kappa shape index (κ3) is 1.35. The van der Waals surface area contributed by atoms with Crippen molar-refractivity contribution in [1.82, 2.24) is 4.98 Å². The minimum atomic E-state index is -0.617. The van der Waals surface area contributed by atoms with Crippen LogP contribution in [0.3, 0.4) is 0 Å². The summed E-state index contributed by atoms with van der Waals surface area (Å²) in [5, 5.41) is 10.4. The standard InChI is InChI=1S/C11H15NO/c1-9-4-2-6-11(9,13)10-5-3-7-12-8-10/h3,5,7-9,13H,2,4,6H2,1H3. The third-order valence-electron chi connectivity index (χ3n) is 3.17. The fourth-order valence-corrected chi connectivity index (χ4v) is 2.21. The summed E-state index contributed by atoms with van der Waals surface area (Å²) in [5.41, 5.74) is 0.355. The van der Waals surface area contributed by atoms with E-state index in [0.717, 1.165) is 24.8 Å². The van der Waals surface area contributed by atoms with Crippen LogP contribution < -0.4 is 0 Å². The molecule has 0 spiro atoms. The van der Waals surface area contributed by atoms with E-state index < -0.39 is 5.60 Å². The van der Waals surface area contributed by atoms with Crippen LogP contribution in [0.5, 0.6) is 0 Å². The van der Waals surface area contributed by atoms with Crippen molar-refractivity contribution in [3.63, 3.8) is 0 Å². The Bertz CT molecular complexity index is 285. The second-order valence-electron chi connectivity index (χ2n) is 3.96. The van der Waals surface area contributed by atoms with Gasteiger partial charge < -0.3 is 5.11 Å². The van der Waals surface area contributed by atoms with Crippen molar-refractivity contribution in [1.29, 1.82) is 0 Å². The zero-order valence-corrected chi connectivity index (χ0v) is 7.90. The molecule has 1 fully saturated rings. The Labute approximate surface area is 78.6 Å². The number of nitrogens with zero attached hydrogens (tertiary/aromatic N) is 1. The molecule has 1 aliphatic carbocycles. The highest BCUT2D eigenvalue weighted by atomic mass is 16.3. The van der Waals surface area contributed by atoms with Gasteiger partial charge in [-0.2, -0.15) is 0 Å². The van der Waals surface area contributed by atoms with E-state index >= 15 is 0 Å². The predicted molar refractivity (Wildman–Crippen MR) is 51.1 cm³/mol. The van der Waals surface area contributed by atoms with E-state index in [1.807, 2.05) is 12.1 Å². The van der Waals surface area contributed by atoms with Crippen LogP contribution in [0.1, 0.15) is 31.7 Å². The summed E-state index contributed by atoms with van der Waals surface area (Å²) in [5.74, 6) is 0.358. The Morgan fingerprint density at radius 1 is 1.62 bits per heavy atom. The van der Waals surface area contributed by atoms with Gasteiger partial charge in [0.1, 0.15) is 0 Å². The molecule has 0 radical (unpaired) electrons. The van der Waals surface area contributed by atoms with Crippen molar-refractivity contribution in [2.75, 3.05) is 0 Å². The first-order chi connectivity index (χ1) is 6.23. The van der Waals surface area contributed by atoms with E-state index in [1.165, 1.54) is 0 Å². The molecule has 1 N–H and O–H groups in total. The van der Waals surface area contributed by atoms with Gasteiger partial charge in [0.2, 0.25) is 0 Å². The molecule has 1 aromatic rings. The van der Waals surface area contributed by atoms with Gasteiger partial charge in [-0.25, -0.2) is 0 Å². The predicted octanol–water partition coefficient (Wildman–Crippen LogP) is 2.09. The molecule has 2 heteroatoms. The van der Waals surface area contributed by atoms with Crippen molar-refractivity contribution in [2.45, 2.75) is 31.8 Å². The molecule has 2 unspecified atom stereocenters. The summed E-state index contributed by atoms with van der Waals surface area (Å²) in [6.45, 7) is 2.11. The fraction of sp³-hybridized carbons (Fsp3) is 0.545. The van der Waals surface area contributed by atoms with E-state index in [1.54, 1.807) is 12.4 Å². The van der Waals surface area contributed by atoms with Gasteiger partial charge in [-0.3, -0.25) is 4.98 Å². The lowest BCUT2D eigenvalue weighted by atomic mass is 9.86. The third-order valence-corrected chi connectivity index (χ3v) is 3.17. The maximum absolute atomic E-state index is 10.4. The quantitative estimate of drug-likeness (QED) is 0.712. The van der Waals surface area contributed by atoms with E-state index in [-0.39, 0.29) is 0 Å². The lowest BCUT2D eigenvalue weighted by Crippen LogP contribution is -2.28. The van der Waals surface area contributed by atoms with Crippen molar-refractivity contribution in [3.8, 4) is 0 Å². The average Bonchev–Trinajstić information content (AvgIpc) is 2.50. The van der Waals surface area contributed by atoms with Crippen molar-refractivity contribution in [3.05, 3.63) is 30.1 Å². The van der Waals surface area contributed by atoms with Gasteiger partial charge in [-0.1, -0.05) is 13.0 Å². The topological polar surface area (TPSA) is 33.1 Å². The molecular formula is C11H15NO. The van der Waals surface area contributed by atoms with Crippen molar-refractivity contribution < 1.29 is 5.11 Å². The first-order valence-electron chi connectivity index (χ1n) is 4.86. The van der Waals surface area contributed by atoms with E-state index in [9.17, 15) is 5.11 Å². The second kappa shape index (κ2) is 3.11. The molecule has 0 aliphatic heterocycles. The Morgan fingerprint density at radius 2 is 2.46 bits per heavy atom. The number of aromatic nitrogens is 1. The van der Waals surface area contributed by atoms with Crippen LogP contribution in [-0.2, 0) is 5.60 Å². The molecule has 70 valence electrons. The normalized spacial score (nSPS) is 33.5. The highest BCUT2D eigenvalue weighted by Gasteiger charge is 2.39. The Hall–Kier alpha value is -0.890. The van der Waals surface area contributed by atoms with Crippen LogP contribution in [0.2, 0.25) is 0 Å². The molecule has 2 nitrogen and oxygen atoms in total. The van der Waals surface area contributed by atoms with Crippen LogP contribution >= 0.6 is 0 Å². The molecule has 0 aromatic carbocycles. The number of rotatable bonds is 1. The molecule has 0 saturated heterocycles. The van der Waals surface area contributed by atoms with E-state index in [2.05, 4.69) is 11.9 Å². The number of pyridine rings is 1. The number of hydrogen-bond donors (Lipinski definition) is 1. The summed E-state index contributed by atoms with van der Waals surface area (Å²) in [4.78, 5) is 4.05. The minimum absolute atomic E-state index is 0.358. The van der Waals surface area contributed by atoms with Gasteiger partial charge in [0, 0.05) is 18.0 Å². The molecule has 2 atom stereocenters. The summed E-state index contributed by atoms with van der Waals surface area (Å²) < 4.78 is 0. The Morgan fingerprint density at radius 3 is 3.00 bits per heavy atom. The van der Waals surface area contributed by atoms with Crippen LogP contribution in [0.15, 0.2) is 24.5 Å². The van der Waals surface area contributed by atoms with Gasteiger partial charge >= 0.3 is 0 Å². The lowest BCUT2D eigenvalue weighted by molar-refractivity contribution is 0.00417. The van der Waals surface area contributed by atoms with Crippen LogP contribution in [-0.4, -0.2) is 10.1 Å². The van der Waals surface area contributed by atoms with Gasteiger partial charge in [0.05, 0.1) is 5.60 Å². The molecule has 2 rings (SSSR count). The van der Waals surface area contributed by atoms with Gasteiger partial charge in [0.25, 0.3) is 0 Å². The summed E-state index contributed by atoms with van der Waals surface area (Å²) >= 11 is 0. The molecule has 1 saturated carbocycles. The maximum atomic E-state index is 10.4. The molecule has 0 amide bonds. The first kappa shape index (κ1) is 8.70. The molecule has 1 aliphatic rings. The average molecular weight is 177 g/mol. The minimum Gasteiger partial charge on any atom is -0.385 e. The zero-order chi connectivity index (χ0) is 9.31. The smallest absolute Gasteiger partial charge is 0.0936 e. The number of hydrogen-bond acceptors (Lipinski definition) is 2. The zero-order valence-electron chi connectivity index (χ0n) is 7.90. The van der Waals surface area contributed by atoms with Gasteiger partial charge in [-0.15, -0.1) is 0 Å². The summed E-state index contributed by atoms with van der Waals surface area (Å²) in [7, 11) is 0. The second-order valence-corrected chi connectivity index (χ2v) is 3.96. The summed E-state index contributed by atoms with van der Waals surface area (Å²) in [6.07, 6.45) is 6.63. The van der Waals surface area contributed by atoms with Crippen molar-refractivity contribution >= 4 is 0 Å². The molecule has 13 heavy (non-hydrogen) atoms. The molecule has 1 heterocycles. The SMILES string of the molecule is CC1CCCC1(O)c1cccnc1. The Kier molecular flexibility index (Phi) is 2.08. The highest BCUT2D eigenvalue weighted by molar-refractivity contribution is 5.20. The molecular weight excluding hydrogens is 162 g/mol. The monoisotopic (exact) mass is 177 g/mol. The Balaban J connectivity index is 2.34. The number of aliphatic hydroxyl groups is 1. The molecule has 1 aromatic heterocycles. The summed E-state index contributed by atoms with van der Waals surface area (Å²) in [6, 6.07) is 3.85. The lowest BCUT2D eigenvalue weighted by Gasteiger charge is -2.27. The largest absolute Gasteiger partial charge is 0.385 e. The van der Waals surface area contributed by atoms with Crippen molar-refractivity contribution in [2.24, 2.45) is 5.92 Å².